The summed E-state index contributed by atoms with van der Waals surface area (Å²) in [6, 6.07) is 0.572. The summed E-state index contributed by atoms with van der Waals surface area (Å²) in [5.74, 6) is 1.23. The Morgan fingerprint density at radius 3 is 2.72 bits per heavy atom. The van der Waals surface area contributed by atoms with Crippen molar-refractivity contribution in [2.75, 3.05) is 6.54 Å². The molecule has 0 saturated carbocycles. The van der Waals surface area contributed by atoms with Crippen LogP contribution < -0.4 is 5.32 Å². The van der Waals surface area contributed by atoms with Crippen LogP contribution >= 0.6 is 0 Å². The van der Waals surface area contributed by atoms with Crippen LogP contribution in [0.25, 0.3) is 0 Å². The van der Waals surface area contributed by atoms with Crippen molar-refractivity contribution < 1.29 is 0 Å². The van der Waals surface area contributed by atoms with E-state index in [-0.39, 0.29) is 0 Å². The van der Waals surface area contributed by atoms with Crippen molar-refractivity contribution in [1.82, 2.24) is 14.9 Å². The highest BCUT2D eigenvalue weighted by Gasteiger charge is 2.20. The molecule has 0 saturated heterocycles. The summed E-state index contributed by atoms with van der Waals surface area (Å²) < 4.78 is 2.29. The Morgan fingerprint density at radius 2 is 2.11 bits per heavy atom. The van der Waals surface area contributed by atoms with Crippen LogP contribution in [-0.2, 0) is 13.0 Å². The van der Waals surface area contributed by atoms with Gasteiger partial charge in [-0.1, -0.05) is 34.6 Å². The first kappa shape index (κ1) is 15.2. The summed E-state index contributed by atoms with van der Waals surface area (Å²) in [5.41, 5.74) is 0.304. The highest BCUT2D eigenvalue weighted by atomic mass is 15.1. The van der Waals surface area contributed by atoms with Gasteiger partial charge < -0.3 is 9.88 Å². The molecule has 1 rings (SSSR count). The Bertz CT molecular complexity index is 339. The van der Waals surface area contributed by atoms with E-state index in [0.717, 1.165) is 19.5 Å². The van der Waals surface area contributed by atoms with Crippen LogP contribution in [0.4, 0.5) is 0 Å². The van der Waals surface area contributed by atoms with Crippen LogP contribution in [0.3, 0.4) is 0 Å². The molecular weight excluding hydrogens is 222 g/mol. The lowest BCUT2D eigenvalue weighted by Gasteiger charge is -2.25. The average Bonchev–Trinajstić information content (AvgIpc) is 2.64. The van der Waals surface area contributed by atoms with Gasteiger partial charge in [0.25, 0.3) is 0 Å². The molecule has 104 valence electrons. The molecule has 1 aromatic rings. The van der Waals surface area contributed by atoms with E-state index in [1.165, 1.54) is 18.7 Å². The number of aryl methyl sites for hydroxylation is 1. The fourth-order valence-corrected chi connectivity index (χ4v) is 2.17. The van der Waals surface area contributed by atoms with E-state index >= 15 is 0 Å². The molecule has 0 amide bonds. The summed E-state index contributed by atoms with van der Waals surface area (Å²) >= 11 is 0. The normalized spacial score (nSPS) is 12.3. The van der Waals surface area contributed by atoms with Gasteiger partial charge in [-0.15, -0.1) is 0 Å². The maximum atomic E-state index is 4.51. The van der Waals surface area contributed by atoms with E-state index < -0.39 is 0 Å². The van der Waals surface area contributed by atoms with Gasteiger partial charge in [0.15, 0.2) is 0 Å². The molecule has 3 heteroatoms. The minimum Gasteiger partial charge on any atom is -0.335 e. The molecule has 0 bridgehead atoms. The number of imidazole rings is 1. The average molecular weight is 251 g/mol. The predicted octanol–water partition coefficient (Wildman–Crippen LogP) is 3.25. The lowest BCUT2D eigenvalue weighted by atomic mass is 9.85. The summed E-state index contributed by atoms with van der Waals surface area (Å²) in [6.07, 6.45) is 7.43. The third kappa shape index (κ3) is 5.21. The number of hydrogen-bond donors (Lipinski definition) is 1. The van der Waals surface area contributed by atoms with E-state index in [1.807, 2.05) is 6.20 Å². The van der Waals surface area contributed by atoms with Crippen LogP contribution in [0.2, 0.25) is 0 Å². The number of nitrogens with zero attached hydrogens (tertiary/aromatic N) is 2. The van der Waals surface area contributed by atoms with Crippen molar-refractivity contribution in [1.29, 1.82) is 0 Å². The van der Waals surface area contributed by atoms with Crippen LogP contribution in [0.1, 0.15) is 53.3 Å². The highest BCUT2D eigenvalue weighted by Crippen LogP contribution is 2.24. The number of aromatic nitrogens is 2. The third-order valence-corrected chi connectivity index (χ3v) is 3.26. The van der Waals surface area contributed by atoms with Crippen LogP contribution in [-0.4, -0.2) is 22.1 Å². The van der Waals surface area contributed by atoms with E-state index in [1.54, 1.807) is 0 Å². The van der Waals surface area contributed by atoms with Gasteiger partial charge in [-0.3, -0.25) is 0 Å². The Kier molecular flexibility index (Phi) is 5.86. The molecule has 0 fully saturated rings. The molecule has 1 heterocycles. The molecule has 0 aliphatic heterocycles. The zero-order valence-electron chi connectivity index (χ0n) is 12.7. The lowest BCUT2D eigenvalue weighted by Crippen LogP contribution is -2.29. The predicted molar refractivity (Wildman–Crippen MR) is 77.8 cm³/mol. The summed E-state index contributed by atoms with van der Waals surface area (Å²) in [6.45, 7) is 13.4. The highest BCUT2D eigenvalue weighted by molar-refractivity contribution is 4.96. The SMILES string of the molecule is CCCn1ccnc1CC(C)(C)CCNC(C)C. The fraction of sp³-hybridized carbons (Fsp3) is 0.800. The molecule has 0 unspecified atom stereocenters. The monoisotopic (exact) mass is 251 g/mol. The zero-order chi connectivity index (χ0) is 13.6. The number of nitrogens with one attached hydrogen (secondary N) is 1. The van der Waals surface area contributed by atoms with Gasteiger partial charge in [0.1, 0.15) is 5.82 Å². The Labute approximate surface area is 112 Å². The van der Waals surface area contributed by atoms with Crippen molar-refractivity contribution >= 4 is 0 Å². The summed E-state index contributed by atoms with van der Waals surface area (Å²) in [7, 11) is 0. The van der Waals surface area contributed by atoms with Gasteiger partial charge >= 0.3 is 0 Å². The van der Waals surface area contributed by atoms with Gasteiger partial charge in [0, 0.05) is 31.4 Å². The van der Waals surface area contributed by atoms with Gasteiger partial charge in [0.2, 0.25) is 0 Å². The molecule has 0 aliphatic rings. The number of rotatable bonds is 8. The van der Waals surface area contributed by atoms with E-state index in [0.29, 0.717) is 11.5 Å². The fourth-order valence-electron chi connectivity index (χ4n) is 2.17. The molecule has 1 aromatic heterocycles. The maximum Gasteiger partial charge on any atom is 0.109 e. The van der Waals surface area contributed by atoms with E-state index in [2.05, 4.69) is 55.7 Å². The molecule has 0 radical (unpaired) electrons. The molecule has 0 atom stereocenters. The molecule has 0 spiro atoms. The molecule has 3 nitrogen and oxygen atoms in total. The molecule has 1 N–H and O–H groups in total. The Morgan fingerprint density at radius 1 is 1.39 bits per heavy atom. The molecular formula is C15H29N3. The first-order valence-electron chi connectivity index (χ1n) is 7.18. The van der Waals surface area contributed by atoms with Crippen molar-refractivity contribution in [2.45, 2.75) is 66.5 Å². The molecule has 18 heavy (non-hydrogen) atoms. The zero-order valence-corrected chi connectivity index (χ0v) is 12.7. The van der Waals surface area contributed by atoms with Crippen LogP contribution in [0.5, 0.6) is 0 Å². The Hall–Kier alpha value is -0.830. The van der Waals surface area contributed by atoms with Crippen molar-refractivity contribution in [3.8, 4) is 0 Å². The van der Waals surface area contributed by atoms with Crippen molar-refractivity contribution in [3.63, 3.8) is 0 Å². The van der Waals surface area contributed by atoms with E-state index in [9.17, 15) is 0 Å². The standard InChI is InChI=1S/C15H29N3/c1-6-10-18-11-9-17-14(18)12-15(4,5)7-8-16-13(2)3/h9,11,13,16H,6-8,10,12H2,1-5H3. The quantitative estimate of drug-likeness (QED) is 0.768. The lowest BCUT2D eigenvalue weighted by molar-refractivity contribution is 0.309. The van der Waals surface area contributed by atoms with Crippen molar-refractivity contribution in [2.24, 2.45) is 5.41 Å². The first-order valence-corrected chi connectivity index (χ1v) is 7.18. The molecule has 0 aromatic carbocycles. The second-order valence-corrected chi connectivity index (χ2v) is 6.24. The smallest absolute Gasteiger partial charge is 0.109 e. The third-order valence-electron chi connectivity index (χ3n) is 3.26. The van der Waals surface area contributed by atoms with Gasteiger partial charge in [0.05, 0.1) is 0 Å². The second-order valence-electron chi connectivity index (χ2n) is 6.24. The van der Waals surface area contributed by atoms with Crippen molar-refractivity contribution in [3.05, 3.63) is 18.2 Å². The van der Waals surface area contributed by atoms with Gasteiger partial charge in [-0.2, -0.15) is 0 Å². The van der Waals surface area contributed by atoms with Crippen LogP contribution in [0, 0.1) is 5.41 Å². The second kappa shape index (κ2) is 6.93. The van der Waals surface area contributed by atoms with Crippen LogP contribution in [0.15, 0.2) is 12.4 Å². The maximum absolute atomic E-state index is 4.51. The number of hydrogen-bond acceptors (Lipinski definition) is 2. The van der Waals surface area contributed by atoms with Gasteiger partial charge in [-0.05, 0) is 24.8 Å². The minimum atomic E-state index is 0.304. The largest absolute Gasteiger partial charge is 0.335 e. The van der Waals surface area contributed by atoms with E-state index in [4.69, 9.17) is 0 Å². The van der Waals surface area contributed by atoms with Gasteiger partial charge in [-0.25, -0.2) is 4.98 Å². The Balaban J connectivity index is 2.50. The molecule has 0 aliphatic carbocycles. The first-order chi connectivity index (χ1) is 8.44. The minimum absolute atomic E-state index is 0.304. The topological polar surface area (TPSA) is 29.9 Å². The summed E-state index contributed by atoms with van der Waals surface area (Å²) in [4.78, 5) is 4.51. The summed E-state index contributed by atoms with van der Waals surface area (Å²) in [5, 5.41) is 3.49.